The Labute approximate surface area is 209 Å². The van der Waals surface area contributed by atoms with Gasteiger partial charge in [0.2, 0.25) is 0 Å². The van der Waals surface area contributed by atoms with Gasteiger partial charge in [-0.2, -0.15) is 23.7 Å². The number of benzene rings is 3. The van der Waals surface area contributed by atoms with E-state index in [0.717, 1.165) is 36.4 Å². The number of alkyl halides is 3. The highest BCUT2D eigenvalue weighted by Gasteiger charge is 2.42. The average molecular weight is 531 g/mol. The third kappa shape index (κ3) is 6.50. The standard InChI is InChI=1S/C25H17F4N3O4S/c26-19-6-9-21(10-7-19)37(35,36)15-24(34,12-16-1-3-17(13-30)4-2-16)23(33)32-20-8-5-18(14-31)22(11-20)25(27,28)29/h1-11,34H,12,15H2,(H,32,33)/t24-/m0/s1. The molecule has 190 valence electrons. The number of halogens is 4. The first kappa shape index (κ1) is 27.3. The first-order chi connectivity index (χ1) is 17.3. The summed E-state index contributed by atoms with van der Waals surface area (Å²) in [6.07, 6.45) is -5.51. The topological polar surface area (TPSA) is 131 Å². The molecule has 37 heavy (non-hydrogen) atoms. The number of sulfone groups is 1. The van der Waals surface area contributed by atoms with Gasteiger partial charge in [-0.1, -0.05) is 12.1 Å². The molecule has 2 N–H and O–H groups in total. The number of hydrogen-bond acceptors (Lipinski definition) is 6. The summed E-state index contributed by atoms with van der Waals surface area (Å²) < 4.78 is 79.2. The molecule has 0 saturated carbocycles. The van der Waals surface area contributed by atoms with E-state index in [-0.39, 0.29) is 11.1 Å². The van der Waals surface area contributed by atoms with E-state index in [2.05, 4.69) is 5.32 Å². The summed E-state index contributed by atoms with van der Waals surface area (Å²) >= 11 is 0. The molecule has 0 aromatic heterocycles. The van der Waals surface area contributed by atoms with Crippen molar-refractivity contribution in [2.75, 3.05) is 11.1 Å². The van der Waals surface area contributed by atoms with Crippen LogP contribution in [0.15, 0.2) is 71.6 Å². The normalized spacial score (nSPS) is 13.2. The van der Waals surface area contributed by atoms with Gasteiger partial charge in [-0.15, -0.1) is 0 Å². The number of hydrogen-bond donors (Lipinski definition) is 2. The van der Waals surface area contributed by atoms with Crippen LogP contribution in [0.2, 0.25) is 0 Å². The van der Waals surface area contributed by atoms with E-state index in [4.69, 9.17) is 10.5 Å². The number of aliphatic hydroxyl groups is 1. The second-order valence-electron chi connectivity index (χ2n) is 8.05. The van der Waals surface area contributed by atoms with Gasteiger partial charge in [0.05, 0.1) is 39.5 Å². The molecule has 0 aliphatic carbocycles. The van der Waals surface area contributed by atoms with Crippen LogP contribution in [0.4, 0.5) is 23.2 Å². The molecule has 3 aromatic rings. The monoisotopic (exact) mass is 531 g/mol. The van der Waals surface area contributed by atoms with Crippen molar-refractivity contribution in [2.45, 2.75) is 23.1 Å². The molecule has 0 heterocycles. The number of carbonyl (C=O) groups excluding carboxylic acids is 1. The molecule has 0 saturated heterocycles. The van der Waals surface area contributed by atoms with Crippen LogP contribution in [0.25, 0.3) is 0 Å². The fraction of sp³-hybridized carbons (Fsp3) is 0.160. The summed E-state index contributed by atoms with van der Waals surface area (Å²) in [5.74, 6) is -3.24. The van der Waals surface area contributed by atoms with Crippen molar-refractivity contribution in [1.29, 1.82) is 10.5 Å². The molecule has 0 radical (unpaired) electrons. The molecule has 12 heteroatoms. The second-order valence-corrected chi connectivity index (χ2v) is 10.0. The Bertz CT molecular complexity index is 1510. The molecule has 0 fully saturated rings. The molecule has 0 unspecified atom stereocenters. The fourth-order valence-corrected chi connectivity index (χ4v) is 5.05. The van der Waals surface area contributed by atoms with Gasteiger partial charge in [0.25, 0.3) is 5.91 Å². The minimum absolute atomic E-state index is 0.252. The number of nitrogens with one attached hydrogen (secondary N) is 1. The SMILES string of the molecule is N#Cc1ccc(C[C@](O)(CS(=O)(=O)c2ccc(F)cc2)C(=O)Nc2ccc(C#N)c(C(F)(F)F)c2)cc1. The second kappa shape index (κ2) is 10.4. The predicted octanol–water partition coefficient (Wildman–Crippen LogP) is 3.97. The van der Waals surface area contributed by atoms with E-state index in [1.807, 2.05) is 6.07 Å². The van der Waals surface area contributed by atoms with E-state index in [1.165, 1.54) is 30.3 Å². The third-order valence-electron chi connectivity index (χ3n) is 5.31. The van der Waals surface area contributed by atoms with Gasteiger partial charge in [0.1, 0.15) is 5.82 Å². The van der Waals surface area contributed by atoms with Crippen molar-refractivity contribution in [3.8, 4) is 12.1 Å². The van der Waals surface area contributed by atoms with Crippen molar-refractivity contribution < 1.29 is 35.9 Å². The van der Waals surface area contributed by atoms with Gasteiger partial charge in [-0.05, 0) is 60.2 Å². The number of carbonyl (C=O) groups is 1. The lowest BCUT2D eigenvalue weighted by molar-refractivity contribution is -0.138. The lowest BCUT2D eigenvalue weighted by Crippen LogP contribution is -2.50. The van der Waals surface area contributed by atoms with Crippen LogP contribution in [0, 0.1) is 28.5 Å². The van der Waals surface area contributed by atoms with Gasteiger partial charge < -0.3 is 10.4 Å². The largest absolute Gasteiger partial charge is 0.417 e. The van der Waals surface area contributed by atoms with Gasteiger partial charge in [-0.25, -0.2) is 12.8 Å². The Kier molecular flexibility index (Phi) is 7.67. The van der Waals surface area contributed by atoms with Crippen molar-refractivity contribution in [1.82, 2.24) is 0 Å². The molecule has 0 aliphatic rings. The lowest BCUT2D eigenvalue weighted by atomic mass is 9.94. The average Bonchev–Trinajstić information content (AvgIpc) is 2.83. The molecule has 0 aliphatic heterocycles. The zero-order valence-electron chi connectivity index (χ0n) is 18.8. The Morgan fingerprint density at radius 2 is 1.57 bits per heavy atom. The molecule has 1 atom stereocenters. The van der Waals surface area contributed by atoms with E-state index in [1.54, 1.807) is 0 Å². The van der Waals surface area contributed by atoms with Crippen LogP contribution in [-0.4, -0.2) is 30.8 Å². The zero-order valence-corrected chi connectivity index (χ0v) is 19.6. The number of nitriles is 2. The molecule has 7 nitrogen and oxygen atoms in total. The first-order valence-corrected chi connectivity index (χ1v) is 12.1. The number of rotatable bonds is 7. The molecule has 0 bridgehead atoms. The van der Waals surface area contributed by atoms with Crippen molar-refractivity contribution in [3.63, 3.8) is 0 Å². The van der Waals surface area contributed by atoms with Crippen LogP contribution in [-0.2, 0) is 27.2 Å². The fourth-order valence-electron chi connectivity index (χ4n) is 3.47. The molecular formula is C25H17F4N3O4S. The lowest BCUT2D eigenvalue weighted by Gasteiger charge is -2.27. The predicted molar refractivity (Wildman–Crippen MR) is 123 cm³/mol. The van der Waals surface area contributed by atoms with E-state index in [0.29, 0.717) is 6.07 Å². The van der Waals surface area contributed by atoms with Gasteiger partial charge in [0, 0.05) is 12.1 Å². The van der Waals surface area contributed by atoms with Gasteiger partial charge in [0.15, 0.2) is 15.4 Å². The van der Waals surface area contributed by atoms with E-state index in [9.17, 15) is 35.9 Å². The number of anilines is 1. The summed E-state index contributed by atoms with van der Waals surface area (Å²) in [6, 6.07) is 14.8. The Hall–Kier alpha value is -4.26. The van der Waals surface area contributed by atoms with Crippen LogP contribution in [0.3, 0.4) is 0 Å². The Balaban J connectivity index is 2.01. The summed E-state index contributed by atoms with van der Waals surface area (Å²) in [5, 5.41) is 31.3. The van der Waals surface area contributed by atoms with E-state index >= 15 is 0 Å². The minimum atomic E-state index is -4.92. The van der Waals surface area contributed by atoms with Crippen LogP contribution in [0.1, 0.15) is 22.3 Å². The van der Waals surface area contributed by atoms with Gasteiger partial charge in [-0.3, -0.25) is 4.79 Å². The smallest absolute Gasteiger partial charge is 0.379 e. The highest BCUT2D eigenvalue weighted by Crippen LogP contribution is 2.34. The summed E-state index contributed by atoms with van der Waals surface area (Å²) in [7, 11) is -4.40. The highest BCUT2D eigenvalue weighted by atomic mass is 32.2. The van der Waals surface area contributed by atoms with E-state index < -0.39 is 67.2 Å². The molecule has 1 amide bonds. The maximum Gasteiger partial charge on any atom is 0.417 e. The third-order valence-corrected chi connectivity index (χ3v) is 7.16. The van der Waals surface area contributed by atoms with Gasteiger partial charge >= 0.3 is 6.18 Å². The van der Waals surface area contributed by atoms with Crippen LogP contribution < -0.4 is 5.32 Å². The molecular weight excluding hydrogens is 514 g/mol. The summed E-state index contributed by atoms with van der Waals surface area (Å²) in [6.45, 7) is 0. The number of amides is 1. The zero-order chi connectivity index (χ0) is 27.4. The minimum Gasteiger partial charge on any atom is -0.379 e. The van der Waals surface area contributed by atoms with Crippen LogP contribution in [0.5, 0.6) is 0 Å². The molecule has 0 spiro atoms. The van der Waals surface area contributed by atoms with Crippen molar-refractivity contribution in [2.24, 2.45) is 0 Å². The van der Waals surface area contributed by atoms with Crippen molar-refractivity contribution in [3.05, 3.63) is 94.8 Å². The quantitative estimate of drug-likeness (QED) is 0.350. The summed E-state index contributed by atoms with van der Waals surface area (Å²) in [5.41, 5.74) is -4.66. The highest BCUT2D eigenvalue weighted by molar-refractivity contribution is 7.91. The maximum absolute atomic E-state index is 13.3. The first-order valence-electron chi connectivity index (χ1n) is 10.4. The number of nitrogens with zero attached hydrogens (tertiary/aromatic N) is 2. The Morgan fingerprint density at radius 3 is 2.11 bits per heavy atom. The maximum atomic E-state index is 13.3. The summed E-state index contributed by atoms with van der Waals surface area (Å²) in [4.78, 5) is 12.8. The van der Waals surface area contributed by atoms with Crippen LogP contribution >= 0.6 is 0 Å². The Morgan fingerprint density at radius 1 is 0.946 bits per heavy atom. The molecule has 3 rings (SSSR count). The molecule has 3 aromatic carbocycles. The van der Waals surface area contributed by atoms with Crippen molar-refractivity contribution >= 4 is 21.4 Å².